The van der Waals surface area contributed by atoms with Crippen LogP contribution in [0.25, 0.3) is 0 Å². The zero-order chi connectivity index (χ0) is 16.2. The van der Waals surface area contributed by atoms with Crippen LogP contribution >= 0.6 is 0 Å². The Balaban J connectivity index is 3.08. The summed E-state index contributed by atoms with van der Waals surface area (Å²) >= 11 is 0. The van der Waals surface area contributed by atoms with Crippen LogP contribution in [0.5, 0.6) is 0 Å². The normalized spacial score (nSPS) is 32.1. The van der Waals surface area contributed by atoms with Crippen molar-refractivity contribution in [2.45, 2.75) is 58.4 Å². The average Bonchev–Trinajstić information content (AvgIpc) is 2.35. The lowest BCUT2D eigenvalue weighted by Gasteiger charge is -2.42. The molecule has 0 spiro atoms. The smallest absolute Gasteiger partial charge is 0.303 e. The molecule has 0 N–H and O–H groups in total. The van der Waals surface area contributed by atoms with Gasteiger partial charge in [-0.1, -0.05) is 0 Å². The summed E-state index contributed by atoms with van der Waals surface area (Å²) in [5.74, 6) is -1.76. The third kappa shape index (κ3) is 4.68. The minimum atomic E-state index is -1.03. The zero-order valence-corrected chi connectivity index (χ0v) is 12.7. The fourth-order valence-electron chi connectivity index (χ4n) is 2.16. The van der Waals surface area contributed by atoms with Gasteiger partial charge in [0.15, 0.2) is 24.6 Å². The van der Waals surface area contributed by atoms with E-state index in [9.17, 15) is 14.4 Å². The van der Waals surface area contributed by atoms with Crippen LogP contribution < -0.4 is 0 Å². The molecule has 21 heavy (non-hydrogen) atoms. The van der Waals surface area contributed by atoms with Gasteiger partial charge in [0.25, 0.3) is 0 Å². The highest BCUT2D eigenvalue weighted by molar-refractivity contribution is 5.68. The Kier molecular flexibility index (Phi) is 6.10. The third-order valence-corrected chi connectivity index (χ3v) is 2.87. The molecule has 5 atom stereocenters. The van der Waals surface area contributed by atoms with E-state index in [2.05, 4.69) is 0 Å². The van der Waals surface area contributed by atoms with E-state index in [0.717, 1.165) is 0 Å². The van der Waals surface area contributed by atoms with Gasteiger partial charge in [-0.05, 0) is 6.92 Å². The molecule has 1 aliphatic rings. The van der Waals surface area contributed by atoms with E-state index in [-0.39, 0.29) is 0 Å². The van der Waals surface area contributed by atoms with E-state index in [1.807, 2.05) is 0 Å². The Hall–Kier alpha value is -1.67. The van der Waals surface area contributed by atoms with Crippen LogP contribution in [0, 0.1) is 0 Å². The van der Waals surface area contributed by atoms with Gasteiger partial charge in [-0.3, -0.25) is 14.4 Å². The highest BCUT2D eigenvalue weighted by atomic mass is 16.7. The van der Waals surface area contributed by atoms with E-state index in [0.29, 0.717) is 0 Å². The average molecular weight is 304 g/mol. The summed E-state index contributed by atoms with van der Waals surface area (Å²) in [6.07, 6.45) is -4.47. The Morgan fingerprint density at radius 2 is 1.24 bits per heavy atom. The highest BCUT2D eigenvalue weighted by Gasteiger charge is 2.50. The summed E-state index contributed by atoms with van der Waals surface area (Å²) in [4.78, 5) is 33.7. The number of ether oxygens (including phenoxy) is 5. The SMILES string of the molecule is COC1OC(C)C(OC(C)=O)C(OC(C)=O)C1OC(C)=O. The van der Waals surface area contributed by atoms with Crippen LogP contribution in [0.2, 0.25) is 0 Å². The van der Waals surface area contributed by atoms with E-state index in [1.165, 1.54) is 27.9 Å². The molecule has 0 bridgehead atoms. The largest absolute Gasteiger partial charge is 0.456 e. The van der Waals surface area contributed by atoms with Gasteiger partial charge in [0.05, 0.1) is 6.10 Å². The lowest BCUT2D eigenvalue weighted by atomic mass is 9.99. The number of hydrogen-bond acceptors (Lipinski definition) is 8. The van der Waals surface area contributed by atoms with Crippen molar-refractivity contribution in [2.75, 3.05) is 7.11 Å². The maximum atomic E-state index is 11.3. The molecule has 0 aromatic carbocycles. The number of rotatable bonds is 4. The van der Waals surface area contributed by atoms with Crippen LogP contribution in [0.1, 0.15) is 27.7 Å². The second-order valence-corrected chi connectivity index (χ2v) is 4.67. The zero-order valence-electron chi connectivity index (χ0n) is 12.7. The molecule has 1 heterocycles. The first-order valence-electron chi connectivity index (χ1n) is 6.46. The van der Waals surface area contributed by atoms with E-state index < -0.39 is 48.6 Å². The molecule has 0 aliphatic carbocycles. The quantitative estimate of drug-likeness (QED) is 0.535. The van der Waals surface area contributed by atoms with E-state index >= 15 is 0 Å². The summed E-state index contributed by atoms with van der Waals surface area (Å²) < 4.78 is 26.0. The Labute approximate surface area is 122 Å². The highest BCUT2D eigenvalue weighted by Crippen LogP contribution is 2.28. The predicted octanol–water partition coefficient (Wildman–Crippen LogP) is 0.173. The van der Waals surface area contributed by atoms with Crippen molar-refractivity contribution in [1.29, 1.82) is 0 Å². The molecular formula is C13H20O8. The fraction of sp³-hybridized carbons (Fsp3) is 0.769. The summed E-state index contributed by atoms with van der Waals surface area (Å²) in [5.41, 5.74) is 0. The summed E-state index contributed by atoms with van der Waals surface area (Å²) in [5, 5.41) is 0. The molecule has 0 amide bonds. The number of carbonyl (C=O) groups is 3. The van der Waals surface area contributed by atoms with Gasteiger partial charge in [-0.2, -0.15) is 0 Å². The van der Waals surface area contributed by atoms with Crippen LogP contribution in [0.4, 0.5) is 0 Å². The van der Waals surface area contributed by atoms with Gasteiger partial charge in [0, 0.05) is 27.9 Å². The lowest BCUT2D eigenvalue weighted by Crippen LogP contribution is -2.60. The van der Waals surface area contributed by atoms with Gasteiger partial charge < -0.3 is 23.7 Å². The van der Waals surface area contributed by atoms with Crippen molar-refractivity contribution < 1.29 is 38.1 Å². The number of carbonyl (C=O) groups excluding carboxylic acids is 3. The molecule has 1 saturated heterocycles. The standard InChI is InChI=1S/C13H20O8/c1-6-10(19-7(2)14)11(20-8(3)15)12(21-9(4)16)13(17-5)18-6/h6,10-13H,1-5H3. The van der Waals surface area contributed by atoms with Crippen molar-refractivity contribution >= 4 is 17.9 Å². The Morgan fingerprint density at radius 3 is 1.67 bits per heavy atom. The van der Waals surface area contributed by atoms with Gasteiger partial charge in [-0.15, -0.1) is 0 Å². The molecule has 5 unspecified atom stereocenters. The minimum absolute atomic E-state index is 0.565. The molecule has 0 saturated carbocycles. The monoisotopic (exact) mass is 304 g/mol. The predicted molar refractivity (Wildman–Crippen MR) is 68.0 cm³/mol. The first kappa shape index (κ1) is 17.4. The summed E-state index contributed by atoms with van der Waals surface area (Å²) in [7, 11) is 1.37. The number of methoxy groups -OCH3 is 1. The second-order valence-electron chi connectivity index (χ2n) is 4.67. The van der Waals surface area contributed by atoms with Crippen LogP contribution in [0.15, 0.2) is 0 Å². The molecule has 1 aliphatic heterocycles. The van der Waals surface area contributed by atoms with Crippen molar-refractivity contribution in [2.24, 2.45) is 0 Å². The van der Waals surface area contributed by atoms with Gasteiger partial charge in [-0.25, -0.2) is 0 Å². The van der Waals surface area contributed by atoms with Gasteiger partial charge >= 0.3 is 17.9 Å². The van der Waals surface area contributed by atoms with E-state index in [4.69, 9.17) is 23.7 Å². The fourth-order valence-corrected chi connectivity index (χ4v) is 2.16. The molecule has 0 aromatic heterocycles. The first-order chi connectivity index (χ1) is 9.76. The maximum Gasteiger partial charge on any atom is 0.303 e. The summed E-state index contributed by atoms with van der Waals surface area (Å²) in [6, 6.07) is 0. The van der Waals surface area contributed by atoms with Crippen molar-refractivity contribution in [3.8, 4) is 0 Å². The Morgan fingerprint density at radius 1 is 0.810 bits per heavy atom. The Bertz CT molecular complexity index is 407. The van der Waals surface area contributed by atoms with Crippen molar-refractivity contribution in [3.63, 3.8) is 0 Å². The molecule has 8 nitrogen and oxygen atoms in total. The third-order valence-electron chi connectivity index (χ3n) is 2.87. The number of esters is 3. The molecule has 0 aromatic rings. The topological polar surface area (TPSA) is 97.4 Å². The molecule has 1 rings (SSSR count). The first-order valence-corrected chi connectivity index (χ1v) is 6.46. The molecule has 8 heteroatoms. The molecular weight excluding hydrogens is 284 g/mol. The minimum Gasteiger partial charge on any atom is -0.456 e. The van der Waals surface area contributed by atoms with Crippen molar-refractivity contribution in [1.82, 2.24) is 0 Å². The molecule has 1 fully saturated rings. The van der Waals surface area contributed by atoms with Crippen LogP contribution in [0.3, 0.4) is 0 Å². The molecule has 0 radical (unpaired) electrons. The number of hydrogen-bond donors (Lipinski definition) is 0. The second kappa shape index (κ2) is 7.37. The van der Waals surface area contributed by atoms with Crippen molar-refractivity contribution in [3.05, 3.63) is 0 Å². The van der Waals surface area contributed by atoms with Gasteiger partial charge in [0.2, 0.25) is 0 Å². The summed E-state index contributed by atoms with van der Waals surface area (Å²) in [6.45, 7) is 5.27. The van der Waals surface area contributed by atoms with Gasteiger partial charge in [0.1, 0.15) is 0 Å². The molecule has 120 valence electrons. The lowest BCUT2D eigenvalue weighted by molar-refractivity contribution is -0.294. The maximum absolute atomic E-state index is 11.3. The van der Waals surface area contributed by atoms with E-state index in [1.54, 1.807) is 6.92 Å². The van der Waals surface area contributed by atoms with Crippen LogP contribution in [-0.2, 0) is 38.1 Å². The van der Waals surface area contributed by atoms with Crippen LogP contribution in [-0.4, -0.2) is 55.7 Å².